The van der Waals surface area contributed by atoms with Gasteiger partial charge in [0, 0.05) is 0 Å². The Hall–Kier alpha value is 0.230. The van der Waals surface area contributed by atoms with Gasteiger partial charge in [-0.2, -0.15) is 0 Å². The van der Waals surface area contributed by atoms with Gasteiger partial charge in [-0.1, -0.05) is 23.2 Å². The van der Waals surface area contributed by atoms with E-state index in [-0.39, 0.29) is 0 Å². The first kappa shape index (κ1) is 11.3. The van der Waals surface area contributed by atoms with Crippen LogP contribution in [-0.4, -0.2) is 5.91 Å². The fourth-order valence-corrected chi connectivity index (χ4v) is 3.37. The van der Waals surface area contributed by atoms with Crippen molar-refractivity contribution in [3.63, 3.8) is 0 Å². The van der Waals surface area contributed by atoms with Gasteiger partial charge >= 0.3 is 0 Å². The van der Waals surface area contributed by atoms with E-state index < -0.39 is 5.91 Å². The summed E-state index contributed by atoms with van der Waals surface area (Å²) >= 11 is 16.3. The van der Waals surface area contributed by atoms with Crippen LogP contribution in [0.25, 0.3) is 0 Å². The fraction of sp³-hybridized carbons (Fsp3) is 0.143. The van der Waals surface area contributed by atoms with Crippen molar-refractivity contribution in [2.24, 2.45) is 5.73 Å². The van der Waals surface area contributed by atoms with Gasteiger partial charge in [0.05, 0.1) is 15.2 Å². The summed E-state index contributed by atoms with van der Waals surface area (Å²) in [6, 6.07) is 0. The number of rotatable bonds is 3. The normalized spacial score (nSPS) is 10.4. The first-order chi connectivity index (χ1) is 6.02. The summed E-state index contributed by atoms with van der Waals surface area (Å²) in [5, 5.41) is 0.482. The maximum Gasteiger partial charge on any atom is 0.221 e. The molecular formula is C7H5BrCl2NOS. The van der Waals surface area contributed by atoms with Crippen LogP contribution in [0, 0.1) is 6.42 Å². The van der Waals surface area contributed by atoms with Crippen molar-refractivity contribution in [1.29, 1.82) is 0 Å². The lowest BCUT2D eigenvalue weighted by Gasteiger charge is -1.96. The zero-order valence-electron chi connectivity index (χ0n) is 6.31. The van der Waals surface area contributed by atoms with E-state index in [0.29, 0.717) is 15.8 Å². The molecule has 0 aliphatic carbocycles. The molecule has 0 fully saturated rings. The van der Waals surface area contributed by atoms with Crippen molar-refractivity contribution in [3.8, 4) is 0 Å². The van der Waals surface area contributed by atoms with Crippen LogP contribution >= 0.6 is 50.5 Å². The van der Waals surface area contributed by atoms with Crippen molar-refractivity contribution in [3.05, 3.63) is 25.1 Å². The summed E-state index contributed by atoms with van der Waals surface area (Å²) < 4.78 is 1.35. The molecule has 2 N–H and O–H groups in total. The Balaban J connectivity index is 2.81. The molecule has 71 valence electrons. The highest BCUT2D eigenvalue weighted by molar-refractivity contribution is 9.11. The zero-order chi connectivity index (χ0) is 10.0. The van der Waals surface area contributed by atoms with E-state index in [2.05, 4.69) is 15.9 Å². The third-order valence-electron chi connectivity index (χ3n) is 1.36. The van der Waals surface area contributed by atoms with Crippen LogP contribution in [0.2, 0.25) is 9.36 Å². The van der Waals surface area contributed by atoms with Crippen molar-refractivity contribution in [2.75, 3.05) is 0 Å². The molecule has 0 atom stereocenters. The highest BCUT2D eigenvalue weighted by Gasteiger charge is 2.14. The lowest BCUT2D eigenvalue weighted by Crippen LogP contribution is -2.12. The Morgan fingerprint density at radius 1 is 1.62 bits per heavy atom. The summed E-state index contributed by atoms with van der Waals surface area (Å²) in [6.45, 7) is 0. The van der Waals surface area contributed by atoms with Crippen LogP contribution in [0.5, 0.6) is 0 Å². The predicted molar refractivity (Wildman–Crippen MR) is 59.2 cm³/mol. The third kappa shape index (κ3) is 2.84. The lowest BCUT2D eigenvalue weighted by molar-refractivity contribution is -0.115. The molecule has 1 rings (SSSR count). The number of thiophene rings is 1. The number of amides is 1. The van der Waals surface area contributed by atoms with E-state index in [4.69, 9.17) is 28.9 Å². The van der Waals surface area contributed by atoms with Gasteiger partial charge < -0.3 is 5.73 Å². The molecular weight excluding hydrogens is 297 g/mol. The Kier molecular flexibility index (Phi) is 4.04. The van der Waals surface area contributed by atoms with Gasteiger partial charge in [-0.15, -0.1) is 11.3 Å². The Bertz CT molecular complexity index is 339. The Labute approximate surface area is 98.1 Å². The minimum absolute atomic E-state index is 0.401. The molecule has 0 spiro atoms. The molecule has 0 saturated carbocycles. The molecule has 0 aliphatic heterocycles. The molecule has 1 heterocycles. The number of halogens is 3. The van der Waals surface area contributed by atoms with E-state index in [1.165, 1.54) is 17.8 Å². The van der Waals surface area contributed by atoms with Gasteiger partial charge in [0.2, 0.25) is 5.91 Å². The third-order valence-corrected chi connectivity index (χ3v) is 4.18. The smallest absolute Gasteiger partial charge is 0.221 e. The van der Waals surface area contributed by atoms with Crippen LogP contribution in [0.3, 0.4) is 0 Å². The van der Waals surface area contributed by atoms with Crippen LogP contribution < -0.4 is 5.73 Å². The summed E-state index contributed by atoms with van der Waals surface area (Å²) in [5.74, 6) is -0.467. The van der Waals surface area contributed by atoms with Crippen molar-refractivity contribution in [1.82, 2.24) is 0 Å². The second-order valence-electron chi connectivity index (χ2n) is 2.25. The molecule has 0 unspecified atom stereocenters. The number of nitrogens with two attached hydrogens (primary N) is 1. The molecule has 0 saturated heterocycles. The van der Waals surface area contributed by atoms with Crippen LogP contribution in [0.15, 0.2) is 3.79 Å². The topological polar surface area (TPSA) is 43.1 Å². The van der Waals surface area contributed by atoms with E-state index >= 15 is 0 Å². The van der Waals surface area contributed by atoms with Gasteiger partial charge in [-0.05, 0) is 27.9 Å². The summed E-state index contributed by atoms with van der Waals surface area (Å²) in [7, 11) is 0. The first-order valence-corrected chi connectivity index (χ1v) is 5.63. The van der Waals surface area contributed by atoms with Crippen molar-refractivity contribution < 1.29 is 4.79 Å². The van der Waals surface area contributed by atoms with Gasteiger partial charge in [0.25, 0.3) is 0 Å². The number of hydrogen-bond donors (Lipinski definition) is 1. The first-order valence-electron chi connectivity index (χ1n) is 3.27. The van der Waals surface area contributed by atoms with E-state index in [1.807, 2.05) is 0 Å². The van der Waals surface area contributed by atoms with Gasteiger partial charge in [-0.25, -0.2) is 0 Å². The standard InChI is InChI=1S/C7H5BrCl2NOS/c8-6-3(1-2-4(11)12)5(9)7(10)13-6/h2H,1H2,(H2,11,12). The predicted octanol–water partition coefficient (Wildman–Crippen LogP) is 3.05. The quantitative estimate of drug-likeness (QED) is 0.916. The maximum absolute atomic E-state index is 10.5. The fourth-order valence-electron chi connectivity index (χ4n) is 0.762. The van der Waals surface area contributed by atoms with Crippen LogP contribution in [-0.2, 0) is 11.2 Å². The number of carbonyl (C=O) groups is 1. The summed E-state index contributed by atoms with van der Waals surface area (Å²) in [4.78, 5) is 10.5. The highest BCUT2D eigenvalue weighted by Crippen LogP contribution is 2.40. The molecule has 6 heteroatoms. The number of carbonyl (C=O) groups excluding carboxylic acids is 1. The second-order valence-corrected chi connectivity index (χ2v) is 5.57. The Morgan fingerprint density at radius 2 is 2.23 bits per heavy atom. The molecule has 1 aromatic heterocycles. The van der Waals surface area contributed by atoms with E-state index in [1.54, 1.807) is 0 Å². The SMILES string of the molecule is NC(=O)[CH]Cc1c(Br)sc(Cl)c1Cl. The summed E-state index contributed by atoms with van der Waals surface area (Å²) in [6.07, 6.45) is 1.76. The number of hydrogen-bond acceptors (Lipinski definition) is 2. The van der Waals surface area contributed by atoms with Crippen molar-refractivity contribution in [2.45, 2.75) is 6.42 Å². The Morgan fingerprint density at radius 3 is 2.62 bits per heavy atom. The van der Waals surface area contributed by atoms with Crippen molar-refractivity contribution >= 4 is 56.4 Å². The second kappa shape index (κ2) is 4.64. The molecule has 0 aromatic carbocycles. The van der Waals surface area contributed by atoms with E-state index in [0.717, 1.165) is 9.35 Å². The van der Waals surface area contributed by atoms with Gasteiger partial charge in [0.15, 0.2) is 0 Å². The average molecular weight is 302 g/mol. The largest absolute Gasteiger partial charge is 0.369 e. The minimum Gasteiger partial charge on any atom is -0.369 e. The van der Waals surface area contributed by atoms with Crippen LogP contribution in [0.1, 0.15) is 5.56 Å². The zero-order valence-corrected chi connectivity index (χ0v) is 10.2. The van der Waals surface area contributed by atoms with E-state index in [9.17, 15) is 4.79 Å². The monoisotopic (exact) mass is 300 g/mol. The molecule has 0 bridgehead atoms. The highest BCUT2D eigenvalue weighted by atomic mass is 79.9. The summed E-state index contributed by atoms with van der Waals surface area (Å²) in [5.41, 5.74) is 5.77. The van der Waals surface area contributed by atoms with Gasteiger partial charge in [-0.3, -0.25) is 4.79 Å². The minimum atomic E-state index is -0.467. The van der Waals surface area contributed by atoms with Crippen LogP contribution in [0.4, 0.5) is 0 Å². The van der Waals surface area contributed by atoms with Gasteiger partial charge in [0.1, 0.15) is 4.34 Å². The molecule has 2 nitrogen and oxygen atoms in total. The molecule has 1 radical (unpaired) electrons. The number of primary amides is 1. The maximum atomic E-state index is 10.5. The molecule has 13 heavy (non-hydrogen) atoms. The lowest BCUT2D eigenvalue weighted by atomic mass is 10.2. The molecule has 0 aliphatic rings. The molecule has 1 amide bonds. The molecule has 1 aromatic rings. The average Bonchev–Trinajstić information content (AvgIpc) is 2.24.